The molecule has 2 aromatic carbocycles. The molecule has 1 amide bonds. The number of carboxylic acids is 1. The molecule has 0 aliphatic carbocycles. The van der Waals surface area contributed by atoms with Crippen molar-refractivity contribution in [3.05, 3.63) is 77.6 Å². The van der Waals surface area contributed by atoms with Crippen molar-refractivity contribution in [2.45, 2.75) is 19.9 Å². The number of hydrogen-bond donors (Lipinski definition) is 3. The maximum Gasteiger partial charge on any atom is 0.352 e. The molecule has 2 heterocycles. The first-order valence-electron chi connectivity index (χ1n) is 10.6. The Bertz CT molecular complexity index is 1200. The van der Waals surface area contributed by atoms with Crippen molar-refractivity contribution in [2.75, 3.05) is 23.8 Å². The van der Waals surface area contributed by atoms with Crippen molar-refractivity contribution in [3.8, 4) is 11.5 Å². The van der Waals surface area contributed by atoms with Gasteiger partial charge in [-0.15, -0.1) is 0 Å². The molecule has 0 saturated heterocycles. The summed E-state index contributed by atoms with van der Waals surface area (Å²) in [6.07, 6.45) is 2.97. The summed E-state index contributed by atoms with van der Waals surface area (Å²) < 4.78 is 12.7. The lowest BCUT2D eigenvalue weighted by Crippen LogP contribution is -2.26. The quantitative estimate of drug-likeness (QED) is 0.478. The second-order valence-corrected chi connectivity index (χ2v) is 7.19. The zero-order valence-corrected chi connectivity index (χ0v) is 18.2. The average Bonchev–Trinajstić information content (AvgIpc) is 3.25. The Hall–Kier alpha value is -4.27. The summed E-state index contributed by atoms with van der Waals surface area (Å²) in [6, 6.07) is 13.8. The summed E-state index contributed by atoms with van der Waals surface area (Å²) in [5, 5.41) is 19.7. The summed E-state index contributed by atoms with van der Waals surface area (Å²) in [6.45, 7) is 4.78. The molecule has 1 unspecified atom stereocenters. The monoisotopic (exact) mass is 448 g/mol. The molecule has 4 rings (SSSR count). The number of carboxylic acid groups (broad SMARTS) is 1. The van der Waals surface area contributed by atoms with E-state index >= 15 is 0 Å². The van der Waals surface area contributed by atoms with Gasteiger partial charge in [0.2, 0.25) is 0 Å². The van der Waals surface area contributed by atoms with Crippen LogP contribution in [0.4, 0.5) is 11.5 Å². The predicted molar refractivity (Wildman–Crippen MR) is 123 cm³/mol. The molecular weight excluding hydrogens is 424 g/mol. The lowest BCUT2D eigenvalue weighted by molar-refractivity contribution is -0.132. The molecule has 1 atom stereocenters. The number of aliphatic carboxylic acids is 1. The molecule has 170 valence electrons. The molecule has 1 aliphatic heterocycles. The van der Waals surface area contributed by atoms with Gasteiger partial charge in [0.1, 0.15) is 34.6 Å². The number of carbonyl (C=O) groups excluding carboxylic acids is 1. The van der Waals surface area contributed by atoms with E-state index in [1.807, 2.05) is 38.1 Å². The number of anilines is 2. The number of fused-ring (bicyclic) bond motifs is 1. The third-order valence-electron chi connectivity index (χ3n) is 5.07. The number of allylic oxidation sites excluding steroid dienone is 1. The third kappa shape index (κ3) is 4.52. The Morgan fingerprint density at radius 1 is 1.09 bits per heavy atom. The number of hydrogen-bond acceptors (Lipinski definition) is 6. The van der Waals surface area contributed by atoms with Crippen molar-refractivity contribution < 1.29 is 24.2 Å². The van der Waals surface area contributed by atoms with Gasteiger partial charge in [0.15, 0.2) is 0 Å². The molecule has 0 bridgehead atoms. The standard InChI is InChI=1S/C24H24N4O5/c1-3-32-16-11-9-15(10-12-16)26-23(29)18-14-25-28-20(13-19(24(30)31)27-22(18)28)17-7-5-6-8-21(17)33-4-2/h5-14,20,27H,3-4H2,1-2H3,(H,26,29)(H,30,31). The van der Waals surface area contributed by atoms with Gasteiger partial charge in [-0.2, -0.15) is 5.10 Å². The Kier molecular flexibility index (Phi) is 6.30. The fourth-order valence-corrected chi connectivity index (χ4v) is 3.62. The van der Waals surface area contributed by atoms with Gasteiger partial charge in [-0.25, -0.2) is 9.48 Å². The van der Waals surface area contributed by atoms with E-state index in [-0.39, 0.29) is 17.1 Å². The van der Waals surface area contributed by atoms with Gasteiger partial charge in [-0.05, 0) is 50.3 Å². The van der Waals surface area contributed by atoms with Gasteiger partial charge in [-0.1, -0.05) is 18.2 Å². The molecule has 1 aliphatic rings. The van der Waals surface area contributed by atoms with Crippen LogP contribution in [0.15, 0.2) is 66.5 Å². The van der Waals surface area contributed by atoms with Gasteiger partial charge in [0.25, 0.3) is 5.91 Å². The maximum atomic E-state index is 13.0. The number of rotatable bonds is 8. The molecule has 0 fully saturated rings. The van der Waals surface area contributed by atoms with Crippen molar-refractivity contribution in [1.29, 1.82) is 0 Å². The Morgan fingerprint density at radius 3 is 2.52 bits per heavy atom. The van der Waals surface area contributed by atoms with Crippen LogP contribution >= 0.6 is 0 Å². The minimum Gasteiger partial charge on any atom is -0.494 e. The van der Waals surface area contributed by atoms with Crippen molar-refractivity contribution in [2.24, 2.45) is 0 Å². The van der Waals surface area contributed by atoms with Crippen LogP contribution in [0.1, 0.15) is 35.8 Å². The van der Waals surface area contributed by atoms with Crippen LogP contribution in [0, 0.1) is 0 Å². The lowest BCUT2D eigenvalue weighted by Gasteiger charge is -2.25. The minimum atomic E-state index is -1.14. The van der Waals surface area contributed by atoms with Crippen molar-refractivity contribution in [1.82, 2.24) is 9.78 Å². The average molecular weight is 448 g/mol. The number of benzene rings is 2. The Balaban J connectivity index is 1.67. The summed E-state index contributed by atoms with van der Waals surface area (Å²) in [7, 11) is 0. The first kappa shape index (κ1) is 21.9. The number of para-hydroxylation sites is 1. The number of aromatic nitrogens is 2. The number of nitrogens with zero attached hydrogens (tertiary/aromatic N) is 2. The molecule has 9 heteroatoms. The van der Waals surface area contributed by atoms with E-state index in [1.54, 1.807) is 35.0 Å². The zero-order valence-electron chi connectivity index (χ0n) is 18.2. The summed E-state index contributed by atoms with van der Waals surface area (Å²) in [5.74, 6) is 0.0482. The van der Waals surface area contributed by atoms with E-state index in [4.69, 9.17) is 9.47 Å². The molecule has 9 nitrogen and oxygen atoms in total. The number of amides is 1. The van der Waals surface area contributed by atoms with Crippen LogP contribution in [-0.4, -0.2) is 40.0 Å². The van der Waals surface area contributed by atoms with Crippen molar-refractivity contribution >= 4 is 23.4 Å². The Labute approximate surface area is 190 Å². The number of nitrogens with one attached hydrogen (secondary N) is 2. The molecule has 33 heavy (non-hydrogen) atoms. The highest BCUT2D eigenvalue weighted by Gasteiger charge is 2.30. The van der Waals surface area contributed by atoms with E-state index < -0.39 is 17.9 Å². The first-order valence-corrected chi connectivity index (χ1v) is 10.6. The van der Waals surface area contributed by atoms with Crippen LogP contribution in [0.5, 0.6) is 11.5 Å². The topological polar surface area (TPSA) is 115 Å². The lowest BCUT2D eigenvalue weighted by atomic mass is 10.0. The van der Waals surface area contributed by atoms with Crippen LogP contribution in [0.2, 0.25) is 0 Å². The molecule has 1 aromatic heterocycles. The highest BCUT2D eigenvalue weighted by molar-refractivity contribution is 6.08. The van der Waals surface area contributed by atoms with E-state index in [0.717, 1.165) is 5.56 Å². The smallest absolute Gasteiger partial charge is 0.352 e. The molecule has 0 spiro atoms. The first-order chi connectivity index (χ1) is 16.0. The summed E-state index contributed by atoms with van der Waals surface area (Å²) in [5.41, 5.74) is 1.48. The van der Waals surface area contributed by atoms with Crippen LogP contribution < -0.4 is 20.1 Å². The molecular formula is C24H24N4O5. The molecule has 3 aromatic rings. The molecule has 0 radical (unpaired) electrons. The third-order valence-corrected chi connectivity index (χ3v) is 5.07. The summed E-state index contributed by atoms with van der Waals surface area (Å²) >= 11 is 0. The second kappa shape index (κ2) is 9.47. The zero-order chi connectivity index (χ0) is 23.4. The van der Waals surface area contributed by atoms with Crippen LogP contribution in [-0.2, 0) is 4.79 Å². The van der Waals surface area contributed by atoms with Crippen LogP contribution in [0.25, 0.3) is 0 Å². The van der Waals surface area contributed by atoms with Crippen LogP contribution in [0.3, 0.4) is 0 Å². The normalized spacial score (nSPS) is 14.5. The van der Waals surface area contributed by atoms with Gasteiger partial charge in [0.05, 0.1) is 19.4 Å². The van der Waals surface area contributed by atoms with Crippen molar-refractivity contribution in [3.63, 3.8) is 0 Å². The van der Waals surface area contributed by atoms with Gasteiger partial charge in [0, 0.05) is 11.3 Å². The second-order valence-electron chi connectivity index (χ2n) is 7.19. The SMILES string of the molecule is CCOc1ccc(NC(=O)c2cnn3c2NC(C(=O)O)=CC3c2ccccc2OCC)cc1. The van der Waals surface area contributed by atoms with Gasteiger partial charge in [-0.3, -0.25) is 4.79 Å². The van der Waals surface area contributed by atoms with E-state index in [1.165, 1.54) is 6.20 Å². The number of carbonyl (C=O) groups is 2. The fourth-order valence-electron chi connectivity index (χ4n) is 3.62. The van der Waals surface area contributed by atoms with Gasteiger partial charge >= 0.3 is 5.97 Å². The van der Waals surface area contributed by atoms with E-state index in [9.17, 15) is 14.7 Å². The van der Waals surface area contributed by atoms with Gasteiger partial charge < -0.3 is 25.2 Å². The largest absolute Gasteiger partial charge is 0.494 e. The highest BCUT2D eigenvalue weighted by Crippen LogP contribution is 2.36. The minimum absolute atomic E-state index is 0.0468. The van der Waals surface area contributed by atoms with E-state index in [0.29, 0.717) is 30.4 Å². The number of ether oxygens (including phenoxy) is 2. The molecule has 0 saturated carbocycles. The Morgan fingerprint density at radius 2 is 1.82 bits per heavy atom. The molecule has 3 N–H and O–H groups in total. The van der Waals surface area contributed by atoms with E-state index in [2.05, 4.69) is 15.7 Å². The summed E-state index contributed by atoms with van der Waals surface area (Å²) in [4.78, 5) is 24.8. The maximum absolute atomic E-state index is 13.0. The highest BCUT2D eigenvalue weighted by atomic mass is 16.5. The fraction of sp³-hybridized carbons (Fsp3) is 0.208. The predicted octanol–water partition coefficient (Wildman–Crippen LogP) is 3.92.